The number of aromatic nitrogens is 3. The average molecular weight is 343 g/mol. The van der Waals surface area contributed by atoms with Gasteiger partial charge in [-0.25, -0.2) is 0 Å². The normalized spacial score (nSPS) is 9.85. The zero-order chi connectivity index (χ0) is 18.8. The third kappa shape index (κ3) is 5.08. The molecule has 0 saturated heterocycles. The number of rotatable bonds is 4. The van der Waals surface area contributed by atoms with Crippen LogP contribution in [-0.2, 0) is 0 Å². The average Bonchev–Trinajstić information content (AvgIpc) is 3.18. The Kier molecular flexibility index (Phi) is 6.72. The highest BCUT2D eigenvalue weighted by molar-refractivity contribution is 5.79. The molecule has 2 aromatic heterocycles. The van der Waals surface area contributed by atoms with E-state index in [2.05, 4.69) is 21.7 Å². The van der Waals surface area contributed by atoms with Crippen LogP contribution in [0.25, 0.3) is 28.7 Å². The Balaban J connectivity index is 0.000000352. The van der Waals surface area contributed by atoms with Crippen molar-refractivity contribution in [1.29, 1.82) is 10.7 Å². The summed E-state index contributed by atoms with van der Waals surface area (Å²) in [6.07, 6.45) is 8.19. The van der Waals surface area contributed by atoms with Gasteiger partial charge in [-0.3, -0.25) is 4.98 Å². The molecule has 0 amide bonds. The first-order valence-electron chi connectivity index (χ1n) is 7.74. The highest BCUT2D eigenvalue weighted by Gasteiger charge is 2.08. The quantitative estimate of drug-likeness (QED) is 0.553. The minimum absolute atomic E-state index is 0.190. The molecule has 0 bridgehead atoms. The predicted molar refractivity (Wildman–Crippen MR) is 101 cm³/mol. The van der Waals surface area contributed by atoms with Crippen LogP contribution >= 0.6 is 0 Å². The van der Waals surface area contributed by atoms with Crippen LogP contribution in [0.5, 0.6) is 0 Å². The summed E-state index contributed by atoms with van der Waals surface area (Å²) in [5.41, 5.74) is 3.22. The fourth-order valence-corrected chi connectivity index (χ4v) is 1.97. The Bertz CT molecular complexity index is 952. The molecule has 0 atom stereocenters. The van der Waals surface area contributed by atoms with Crippen LogP contribution in [0.15, 0.2) is 71.5 Å². The maximum atomic E-state index is 7.83. The van der Waals surface area contributed by atoms with Crippen LogP contribution in [-0.4, -0.2) is 21.3 Å². The smallest absolute Gasteiger partial charge is 0.258 e. The molecule has 2 heterocycles. The van der Waals surface area contributed by atoms with E-state index >= 15 is 0 Å². The summed E-state index contributed by atoms with van der Waals surface area (Å²) in [5, 5.41) is 18.1. The standard InChI is InChI=1S/C16H13N3O.C4H4N2/c1-2-5-15-18-16(20-19-15)13-7-3-6-12(10-13)14-8-4-9-17-11-14;1-4(2-5)3-6/h2-11H,1H3;2,5H,1H2/b5-2+;. The number of nitrogens with one attached hydrogen (secondary N) is 1. The van der Waals surface area contributed by atoms with Crippen LogP contribution in [0, 0.1) is 16.7 Å². The van der Waals surface area contributed by atoms with Crippen molar-refractivity contribution in [1.82, 2.24) is 15.1 Å². The molecule has 26 heavy (non-hydrogen) atoms. The Labute approximate surface area is 151 Å². The highest BCUT2D eigenvalue weighted by atomic mass is 16.5. The van der Waals surface area contributed by atoms with Gasteiger partial charge in [-0.05, 0) is 36.8 Å². The second-order valence-electron chi connectivity index (χ2n) is 5.06. The summed E-state index contributed by atoms with van der Waals surface area (Å²) in [6, 6.07) is 13.6. The minimum Gasteiger partial charge on any atom is -0.334 e. The lowest BCUT2D eigenvalue weighted by Crippen LogP contribution is -1.82. The van der Waals surface area contributed by atoms with Gasteiger partial charge in [-0.15, -0.1) is 0 Å². The molecule has 6 nitrogen and oxygen atoms in total. The molecule has 0 aliphatic heterocycles. The van der Waals surface area contributed by atoms with Crippen molar-refractivity contribution in [3.8, 4) is 28.7 Å². The van der Waals surface area contributed by atoms with Gasteiger partial charge in [0.15, 0.2) is 5.82 Å². The topological polar surface area (TPSA) is 99.4 Å². The van der Waals surface area contributed by atoms with Gasteiger partial charge in [-0.1, -0.05) is 36.0 Å². The summed E-state index contributed by atoms with van der Waals surface area (Å²) in [6.45, 7) is 5.10. The van der Waals surface area contributed by atoms with Crippen molar-refractivity contribution in [2.45, 2.75) is 6.92 Å². The number of hydrogen-bond acceptors (Lipinski definition) is 6. The van der Waals surface area contributed by atoms with E-state index in [0.717, 1.165) is 22.9 Å². The lowest BCUT2D eigenvalue weighted by molar-refractivity contribution is 0.429. The van der Waals surface area contributed by atoms with Crippen molar-refractivity contribution < 1.29 is 4.52 Å². The molecular formula is C20H17N5O. The fraction of sp³-hybridized carbons (Fsp3) is 0.0500. The Morgan fingerprint density at radius 1 is 1.23 bits per heavy atom. The summed E-state index contributed by atoms with van der Waals surface area (Å²) in [7, 11) is 0. The van der Waals surface area contributed by atoms with Crippen LogP contribution in [0.2, 0.25) is 0 Å². The fourth-order valence-electron chi connectivity index (χ4n) is 1.97. The molecular weight excluding hydrogens is 326 g/mol. The van der Waals surface area contributed by atoms with E-state index in [1.54, 1.807) is 18.3 Å². The third-order valence-electron chi connectivity index (χ3n) is 3.18. The first-order chi connectivity index (χ1) is 12.7. The van der Waals surface area contributed by atoms with Gasteiger partial charge in [0.05, 0.1) is 5.57 Å². The van der Waals surface area contributed by atoms with Gasteiger partial charge in [0, 0.05) is 29.7 Å². The van der Waals surface area contributed by atoms with E-state index in [1.807, 2.05) is 55.6 Å². The molecule has 0 spiro atoms. The van der Waals surface area contributed by atoms with Gasteiger partial charge in [0.1, 0.15) is 6.07 Å². The summed E-state index contributed by atoms with van der Waals surface area (Å²) < 4.78 is 5.27. The monoisotopic (exact) mass is 343 g/mol. The zero-order valence-electron chi connectivity index (χ0n) is 14.3. The lowest BCUT2D eigenvalue weighted by Gasteiger charge is -2.01. The molecule has 0 aliphatic carbocycles. The van der Waals surface area contributed by atoms with Crippen molar-refractivity contribution in [2.75, 3.05) is 0 Å². The molecule has 0 fully saturated rings. The predicted octanol–water partition coefficient (Wildman–Crippen LogP) is 4.55. The molecule has 1 aromatic carbocycles. The maximum Gasteiger partial charge on any atom is 0.258 e. The van der Waals surface area contributed by atoms with Crippen molar-refractivity contribution in [2.24, 2.45) is 0 Å². The van der Waals surface area contributed by atoms with Crippen molar-refractivity contribution in [3.05, 3.63) is 72.8 Å². The van der Waals surface area contributed by atoms with E-state index in [9.17, 15) is 0 Å². The number of hydrogen-bond donors (Lipinski definition) is 1. The van der Waals surface area contributed by atoms with Crippen LogP contribution < -0.4 is 0 Å². The van der Waals surface area contributed by atoms with Gasteiger partial charge in [0.25, 0.3) is 5.89 Å². The maximum absolute atomic E-state index is 7.83. The van der Waals surface area contributed by atoms with Crippen molar-refractivity contribution in [3.63, 3.8) is 0 Å². The Hall–Kier alpha value is -3.85. The molecule has 0 aliphatic rings. The van der Waals surface area contributed by atoms with Gasteiger partial charge < -0.3 is 9.93 Å². The molecule has 0 unspecified atom stereocenters. The molecule has 6 heteroatoms. The van der Waals surface area contributed by atoms with Crippen LogP contribution in [0.3, 0.4) is 0 Å². The molecule has 128 valence electrons. The van der Waals surface area contributed by atoms with Gasteiger partial charge in [0.2, 0.25) is 0 Å². The minimum atomic E-state index is 0.190. The van der Waals surface area contributed by atoms with Gasteiger partial charge in [-0.2, -0.15) is 10.2 Å². The van der Waals surface area contributed by atoms with E-state index in [-0.39, 0.29) is 5.57 Å². The SMILES string of the molecule is C/C=C/c1noc(-c2cccc(-c3cccnc3)c2)n1.C=C(C#N)C=N. The van der Waals surface area contributed by atoms with Gasteiger partial charge >= 0.3 is 0 Å². The summed E-state index contributed by atoms with van der Waals surface area (Å²) >= 11 is 0. The number of benzene rings is 1. The second-order valence-corrected chi connectivity index (χ2v) is 5.06. The first-order valence-corrected chi connectivity index (χ1v) is 7.74. The van der Waals surface area contributed by atoms with E-state index < -0.39 is 0 Å². The van der Waals surface area contributed by atoms with Crippen LogP contribution in [0.1, 0.15) is 12.7 Å². The lowest BCUT2D eigenvalue weighted by atomic mass is 10.0. The molecule has 1 N–H and O–H groups in total. The summed E-state index contributed by atoms with van der Waals surface area (Å²) in [4.78, 5) is 8.46. The van der Waals surface area contributed by atoms with Crippen LogP contribution in [0.4, 0.5) is 0 Å². The first kappa shape index (κ1) is 18.5. The Morgan fingerprint density at radius 3 is 2.62 bits per heavy atom. The molecule has 3 rings (SSSR count). The second kappa shape index (κ2) is 9.45. The highest BCUT2D eigenvalue weighted by Crippen LogP contribution is 2.24. The Morgan fingerprint density at radius 2 is 2.00 bits per heavy atom. The number of allylic oxidation sites excluding steroid dienone is 2. The van der Waals surface area contributed by atoms with E-state index in [1.165, 1.54) is 0 Å². The van der Waals surface area contributed by atoms with E-state index in [4.69, 9.17) is 15.2 Å². The zero-order valence-corrected chi connectivity index (χ0v) is 14.3. The van der Waals surface area contributed by atoms with E-state index in [0.29, 0.717) is 11.7 Å². The summed E-state index contributed by atoms with van der Waals surface area (Å²) in [5.74, 6) is 1.10. The number of nitriles is 1. The molecule has 0 saturated carbocycles. The third-order valence-corrected chi connectivity index (χ3v) is 3.18. The molecule has 0 radical (unpaired) electrons. The largest absolute Gasteiger partial charge is 0.334 e. The molecule has 3 aromatic rings. The number of nitrogens with zero attached hydrogens (tertiary/aromatic N) is 4. The van der Waals surface area contributed by atoms with Crippen molar-refractivity contribution >= 4 is 12.3 Å². The number of pyridine rings is 1.